The van der Waals surface area contributed by atoms with Gasteiger partial charge in [-0.2, -0.15) is 5.48 Å². The minimum atomic E-state index is -0.981. The van der Waals surface area contributed by atoms with Gasteiger partial charge in [0, 0.05) is 26.2 Å². The van der Waals surface area contributed by atoms with Crippen LogP contribution in [-0.4, -0.2) is 61.9 Å². The highest BCUT2D eigenvalue weighted by atomic mass is 16.7. The van der Waals surface area contributed by atoms with Gasteiger partial charge < -0.3 is 5.11 Å². The fourth-order valence-electron chi connectivity index (χ4n) is 2.10. The highest BCUT2D eigenvalue weighted by molar-refractivity contribution is 5.67. The molecule has 1 aliphatic heterocycles. The van der Waals surface area contributed by atoms with Crippen molar-refractivity contribution in [1.29, 1.82) is 5.26 Å². The van der Waals surface area contributed by atoms with E-state index in [2.05, 4.69) is 32.5 Å². The monoisotopic (exact) mass is 297 g/mol. The number of likely N-dealkylation sites (tertiary alicyclic amines) is 1. The summed E-state index contributed by atoms with van der Waals surface area (Å²) in [6.45, 7) is 5.61. The molecule has 2 heterocycles. The number of piperidine rings is 1. The number of carboxylic acids is 1. The number of aliphatic carboxylic acids is 1. The molecule has 10 nitrogen and oxygen atoms in total. The van der Waals surface area contributed by atoms with Gasteiger partial charge in [-0.25, -0.2) is 14.7 Å². The third-order valence-electron chi connectivity index (χ3n) is 3.02. The van der Waals surface area contributed by atoms with E-state index in [4.69, 9.17) is 15.2 Å². The number of nitrogens with one attached hydrogen (secondary N) is 1. The third kappa shape index (κ3) is 5.82. The number of carboxylic acid groups (broad SMARTS) is 1. The van der Waals surface area contributed by atoms with Gasteiger partial charge >= 0.3 is 5.97 Å². The van der Waals surface area contributed by atoms with Gasteiger partial charge in [-0.05, 0) is 29.8 Å². The first-order valence-electron chi connectivity index (χ1n) is 6.43. The Morgan fingerprint density at radius 3 is 3.00 bits per heavy atom. The minimum absolute atomic E-state index is 0.134. The number of nitriles is 1. The Morgan fingerprint density at radius 1 is 1.62 bits per heavy atom. The molecular formula is C11H19N7O3. The van der Waals surface area contributed by atoms with E-state index in [0.29, 0.717) is 6.54 Å². The Balaban J connectivity index is 0.00000106. The Kier molecular flexibility index (Phi) is 7.24. The Hall–Kier alpha value is -2.09. The van der Waals surface area contributed by atoms with Gasteiger partial charge in [-0.1, -0.05) is 0 Å². The van der Waals surface area contributed by atoms with Gasteiger partial charge in [0.1, 0.15) is 0 Å². The van der Waals surface area contributed by atoms with Crippen molar-refractivity contribution in [2.45, 2.75) is 25.4 Å². The lowest BCUT2D eigenvalue weighted by atomic mass is 10.1. The zero-order valence-electron chi connectivity index (χ0n) is 11.8. The molecule has 1 atom stereocenters. The van der Waals surface area contributed by atoms with Gasteiger partial charge in [-0.15, -0.1) is 5.10 Å². The van der Waals surface area contributed by atoms with Gasteiger partial charge in [0.25, 0.3) is 0 Å². The molecule has 1 aliphatic rings. The second-order valence-corrected chi connectivity index (χ2v) is 4.59. The molecule has 0 radical (unpaired) electrons. The summed E-state index contributed by atoms with van der Waals surface area (Å²) in [6.07, 6.45) is 1.99. The lowest BCUT2D eigenvalue weighted by molar-refractivity contribution is -0.146. The molecule has 21 heavy (non-hydrogen) atoms. The van der Waals surface area contributed by atoms with Crippen molar-refractivity contribution in [3.8, 4) is 6.57 Å². The number of tetrazole rings is 1. The maximum atomic E-state index is 10.4. The van der Waals surface area contributed by atoms with Crippen LogP contribution in [0.25, 0.3) is 0 Å². The zero-order valence-corrected chi connectivity index (χ0v) is 11.8. The summed E-state index contributed by atoms with van der Waals surface area (Å²) in [7, 11) is 1.81. The number of rotatable bonds is 6. The van der Waals surface area contributed by atoms with Crippen LogP contribution >= 0.6 is 0 Å². The quantitative estimate of drug-likeness (QED) is 0.630. The first-order chi connectivity index (χ1) is 10.1. The van der Waals surface area contributed by atoms with E-state index in [-0.39, 0.29) is 12.6 Å². The van der Waals surface area contributed by atoms with Crippen molar-refractivity contribution in [3.63, 3.8) is 0 Å². The maximum Gasteiger partial charge on any atom is 0.331 e. The summed E-state index contributed by atoms with van der Waals surface area (Å²) >= 11 is 0. The summed E-state index contributed by atoms with van der Waals surface area (Å²) in [5.74, 6) is -0.169. The fraction of sp³-hybridized carbons (Fsp3) is 0.727. The lowest BCUT2D eigenvalue weighted by Gasteiger charge is -2.32. The molecule has 0 aromatic carbocycles. The predicted octanol–water partition coefficient (Wildman–Crippen LogP) is -1.08. The largest absolute Gasteiger partial charge is 0.479 e. The van der Waals surface area contributed by atoms with Crippen LogP contribution in [0.4, 0.5) is 0 Å². The van der Waals surface area contributed by atoms with Crippen molar-refractivity contribution in [3.05, 3.63) is 5.82 Å². The van der Waals surface area contributed by atoms with E-state index in [9.17, 15) is 4.79 Å². The van der Waals surface area contributed by atoms with Crippen LogP contribution in [0, 0.1) is 11.8 Å². The summed E-state index contributed by atoms with van der Waals surface area (Å²) in [4.78, 5) is 17.5. The highest BCUT2D eigenvalue weighted by Crippen LogP contribution is 2.12. The Labute approximate surface area is 122 Å². The van der Waals surface area contributed by atoms with E-state index in [0.717, 1.165) is 31.8 Å². The van der Waals surface area contributed by atoms with Crippen LogP contribution in [0.3, 0.4) is 0 Å². The molecule has 1 fully saturated rings. The Morgan fingerprint density at radius 2 is 2.38 bits per heavy atom. The SMILES string of the molecule is C#N.Cn1nnnc1CN1CCCC(NOCC(=O)O)C1. The molecule has 0 spiro atoms. The van der Waals surface area contributed by atoms with Crippen LogP contribution in [0.2, 0.25) is 0 Å². The minimum Gasteiger partial charge on any atom is -0.479 e. The molecule has 2 rings (SSSR count). The summed E-state index contributed by atoms with van der Waals surface area (Å²) in [5.41, 5.74) is 2.80. The summed E-state index contributed by atoms with van der Waals surface area (Å²) < 4.78 is 1.65. The number of carbonyl (C=O) groups is 1. The topological polar surface area (TPSA) is 129 Å². The van der Waals surface area contributed by atoms with E-state index >= 15 is 0 Å². The van der Waals surface area contributed by atoms with Crippen molar-refractivity contribution in [2.75, 3.05) is 19.7 Å². The van der Waals surface area contributed by atoms with Crippen molar-refractivity contribution in [1.82, 2.24) is 30.6 Å². The average Bonchev–Trinajstić information content (AvgIpc) is 2.87. The first-order valence-corrected chi connectivity index (χ1v) is 6.43. The van der Waals surface area contributed by atoms with Crippen molar-refractivity contribution in [2.24, 2.45) is 7.05 Å². The van der Waals surface area contributed by atoms with Crippen LogP contribution in [0.5, 0.6) is 0 Å². The number of aromatic nitrogens is 4. The van der Waals surface area contributed by atoms with Crippen LogP contribution < -0.4 is 5.48 Å². The molecule has 0 bridgehead atoms. The van der Waals surface area contributed by atoms with E-state index in [1.807, 2.05) is 7.05 Å². The standard InChI is InChI=1S/C10H18N6O3.CHN/c1-15-9(11-13-14-15)6-16-4-2-3-8(5-16)12-19-7-10(17)18;1-2/h8,12H,2-7H2,1H3,(H,17,18);1H. The number of hydrogen-bond acceptors (Lipinski definition) is 8. The van der Waals surface area contributed by atoms with Crippen LogP contribution in [0.1, 0.15) is 18.7 Å². The van der Waals surface area contributed by atoms with E-state index < -0.39 is 5.97 Å². The molecule has 0 aliphatic carbocycles. The van der Waals surface area contributed by atoms with Crippen molar-refractivity contribution >= 4 is 5.97 Å². The Bertz CT molecular complexity index is 462. The molecule has 1 aromatic rings. The van der Waals surface area contributed by atoms with Crippen LogP contribution in [0.15, 0.2) is 0 Å². The predicted molar refractivity (Wildman–Crippen MR) is 70.5 cm³/mol. The molecule has 0 amide bonds. The smallest absolute Gasteiger partial charge is 0.331 e. The van der Waals surface area contributed by atoms with Crippen molar-refractivity contribution < 1.29 is 14.7 Å². The maximum absolute atomic E-state index is 10.4. The van der Waals surface area contributed by atoms with Gasteiger partial charge in [0.15, 0.2) is 12.4 Å². The molecule has 116 valence electrons. The zero-order chi connectivity index (χ0) is 15.7. The van der Waals surface area contributed by atoms with E-state index in [1.54, 1.807) is 4.68 Å². The van der Waals surface area contributed by atoms with Gasteiger partial charge in [0.2, 0.25) is 0 Å². The summed E-state index contributed by atoms with van der Waals surface area (Å²) in [5, 5.41) is 26.3. The third-order valence-corrected chi connectivity index (χ3v) is 3.02. The number of nitrogens with zero attached hydrogens (tertiary/aromatic N) is 6. The normalized spacial score (nSPS) is 18.7. The summed E-state index contributed by atoms with van der Waals surface area (Å²) in [6, 6.07) is 0.134. The molecule has 1 saturated heterocycles. The lowest BCUT2D eigenvalue weighted by Crippen LogP contribution is -2.45. The molecule has 1 unspecified atom stereocenters. The second-order valence-electron chi connectivity index (χ2n) is 4.59. The second kappa shape index (κ2) is 8.96. The molecule has 10 heteroatoms. The highest BCUT2D eigenvalue weighted by Gasteiger charge is 2.21. The molecule has 2 N–H and O–H groups in total. The molecule has 1 aromatic heterocycles. The van der Waals surface area contributed by atoms with Crippen LogP contribution in [-0.2, 0) is 23.2 Å². The van der Waals surface area contributed by atoms with Gasteiger partial charge in [-0.3, -0.25) is 9.74 Å². The van der Waals surface area contributed by atoms with E-state index in [1.165, 1.54) is 0 Å². The number of aryl methyl sites for hydroxylation is 1. The number of hydrogen-bond donors (Lipinski definition) is 2. The molecule has 0 saturated carbocycles. The first kappa shape index (κ1) is 17.0. The average molecular weight is 297 g/mol. The number of hydroxylamine groups is 1. The fourth-order valence-corrected chi connectivity index (χ4v) is 2.10. The van der Waals surface area contributed by atoms with Gasteiger partial charge in [0.05, 0.1) is 6.54 Å². The molecular weight excluding hydrogens is 278 g/mol.